The Balaban J connectivity index is 3.22. The number of hydrogen-bond donors (Lipinski definition) is 1. The van der Waals surface area contributed by atoms with E-state index in [-0.39, 0.29) is 0 Å². The van der Waals surface area contributed by atoms with Crippen LogP contribution in [0.2, 0.25) is 0 Å². The number of aromatic nitrogens is 1. The number of anilines is 1. The molecule has 0 saturated carbocycles. The van der Waals surface area contributed by atoms with Crippen molar-refractivity contribution >= 4 is 15.8 Å². The molecule has 0 aromatic carbocycles. The molecule has 1 heterocycles. The summed E-state index contributed by atoms with van der Waals surface area (Å²) >= 11 is 0. The fraction of sp³-hybridized carbons (Fsp3) is 0.500. The van der Waals surface area contributed by atoms with Gasteiger partial charge in [0, 0.05) is 5.69 Å². The Morgan fingerprint density at radius 3 is 2.47 bits per heavy atom. The summed E-state index contributed by atoms with van der Waals surface area (Å²) in [5, 5.41) is 0. The molecule has 1 aromatic rings. The Morgan fingerprint density at radius 1 is 1.40 bits per heavy atom. The quantitative estimate of drug-likeness (QED) is 0.855. The van der Waals surface area contributed by atoms with Crippen molar-refractivity contribution in [3.8, 4) is 0 Å². The number of pyridine rings is 1. The van der Waals surface area contributed by atoms with E-state index in [0.717, 1.165) is 29.5 Å². The van der Waals surface area contributed by atoms with Gasteiger partial charge in [-0.05, 0) is 31.4 Å². The van der Waals surface area contributed by atoms with Gasteiger partial charge >= 0.3 is 0 Å². The summed E-state index contributed by atoms with van der Waals surface area (Å²) < 4.78 is 24.7. The van der Waals surface area contributed by atoms with Crippen LogP contribution in [-0.2, 0) is 16.4 Å². The van der Waals surface area contributed by atoms with E-state index in [0.29, 0.717) is 5.82 Å². The molecule has 84 valence electrons. The third-order valence-corrected chi connectivity index (χ3v) is 2.77. The Kier molecular flexibility index (Phi) is 3.34. The van der Waals surface area contributed by atoms with Gasteiger partial charge in [0.05, 0.1) is 6.26 Å². The molecule has 0 aliphatic heterocycles. The summed E-state index contributed by atoms with van der Waals surface area (Å²) in [6.07, 6.45) is 1.88. The van der Waals surface area contributed by atoms with Crippen LogP contribution in [0.1, 0.15) is 23.7 Å². The van der Waals surface area contributed by atoms with Gasteiger partial charge in [0.15, 0.2) is 0 Å². The van der Waals surface area contributed by atoms with Gasteiger partial charge in [-0.1, -0.05) is 13.0 Å². The monoisotopic (exact) mass is 228 g/mol. The van der Waals surface area contributed by atoms with Gasteiger partial charge in [0.2, 0.25) is 10.0 Å². The molecule has 4 nitrogen and oxygen atoms in total. The smallest absolute Gasteiger partial charge is 0.230 e. The van der Waals surface area contributed by atoms with E-state index in [1.807, 2.05) is 26.8 Å². The minimum absolute atomic E-state index is 0.447. The highest BCUT2D eigenvalue weighted by Gasteiger charge is 2.09. The molecular formula is C10H16N2O2S. The second kappa shape index (κ2) is 4.18. The third-order valence-electron chi connectivity index (χ3n) is 2.21. The zero-order valence-electron chi connectivity index (χ0n) is 9.46. The second-order valence-corrected chi connectivity index (χ2v) is 5.37. The zero-order valence-corrected chi connectivity index (χ0v) is 10.3. The molecule has 1 aromatic heterocycles. The SMILES string of the molecule is CCc1cc(C)c(C)nc1NS(C)(=O)=O. The lowest BCUT2D eigenvalue weighted by Crippen LogP contribution is -2.13. The molecule has 0 fully saturated rings. The van der Waals surface area contributed by atoms with Gasteiger partial charge in [0.1, 0.15) is 5.82 Å². The topological polar surface area (TPSA) is 59.1 Å². The van der Waals surface area contributed by atoms with Crippen molar-refractivity contribution in [2.45, 2.75) is 27.2 Å². The van der Waals surface area contributed by atoms with E-state index in [9.17, 15) is 8.42 Å². The second-order valence-electron chi connectivity index (χ2n) is 3.63. The fourth-order valence-electron chi connectivity index (χ4n) is 1.30. The number of nitrogens with zero attached hydrogens (tertiary/aromatic N) is 1. The van der Waals surface area contributed by atoms with Gasteiger partial charge in [-0.25, -0.2) is 13.4 Å². The summed E-state index contributed by atoms with van der Waals surface area (Å²) in [6.45, 7) is 5.80. The Bertz CT molecular complexity index is 467. The zero-order chi connectivity index (χ0) is 11.6. The van der Waals surface area contributed by atoms with E-state index in [2.05, 4.69) is 9.71 Å². The lowest BCUT2D eigenvalue weighted by molar-refractivity contribution is 0.606. The highest BCUT2D eigenvalue weighted by Crippen LogP contribution is 2.18. The van der Waals surface area contributed by atoms with Crippen LogP contribution in [0, 0.1) is 13.8 Å². The lowest BCUT2D eigenvalue weighted by Gasteiger charge is -2.11. The first-order valence-corrected chi connectivity index (χ1v) is 6.67. The predicted molar refractivity (Wildman–Crippen MR) is 61.6 cm³/mol. The fourth-order valence-corrected chi connectivity index (χ4v) is 1.82. The van der Waals surface area contributed by atoms with Crippen molar-refractivity contribution in [3.63, 3.8) is 0 Å². The maximum Gasteiger partial charge on any atom is 0.230 e. The molecule has 0 aliphatic carbocycles. The van der Waals surface area contributed by atoms with Crippen molar-refractivity contribution in [1.29, 1.82) is 0 Å². The Morgan fingerprint density at radius 2 is 2.00 bits per heavy atom. The summed E-state index contributed by atoms with van der Waals surface area (Å²) in [5.74, 6) is 0.447. The Hall–Kier alpha value is -1.10. The molecule has 0 aliphatic rings. The first-order valence-electron chi connectivity index (χ1n) is 4.78. The van der Waals surface area contributed by atoms with Crippen LogP contribution in [0.5, 0.6) is 0 Å². The van der Waals surface area contributed by atoms with Crippen molar-refractivity contribution in [2.24, 2.45) is 0 Å². The van der Waals surface area contributed by atoms with Crippen LogP contribution in [0.4, 0.5) is 5.82 Å². The number of hydrogen-bond acceptors (Lipinski definition) is 3. The molecule has 1 N–H and O–H groups in total. The first-order chi connectivity index (χ1) is 6.83. The van der Waals surface area contributed by atoms with Crippen LogP contribution in [0.15, 0.2) is 6.07 Å². The van der Waals surface area contributed by atoms with Crippen molar-refractivity contribution in [1.82, 2.24) is 4.98 Å². The summed E-state index contributed by atoms with van der Waals surface area (Å²) in [7, 11) is -3.25. The maximum atomic E-state index is 11.1. The van der Waals surface area contributed by atoms with Gasteiger partial charge in [-0.2, -0.15) is 0 Å². The van der Waals surface area contributed by atoms with Crippen LogP contribution in [-0.4, -0.2) is 19.7 Å². The molecule has 0 radical (unpaired) electrons. The molecule has 5 heteroatoms. The van der Waals surface area contributed by atoms with E-state index in [1.54, 1.807) is 0 Å². The third kappa shape index (κ3) is 3.20. The molecule has 15 heavy (non-hydrogen) atoms. The number of sulfonamides is 1. The Labute approximate surface area is 90.8 Å². The largest absolute Gasteiger partial charge is 0.267 e. The molecule has 0 spiro atoms. The van der Waals surface area contributed by atoms with E-state index >= 15 is 0 Å². The van der Waals surface area contributed by atoms with E-state index in [1.165, 1.54) is 0 Å². The van der Waals surface area contributed by atoms with Gasteiger partial charge in [0.25, 0.3) is 0 Å². The number of nitrogens with one attached hydrogen (secondary N) is 1. The molecule has 0 unspecified atom stereocenters. The number of aryl methyl sites for hydroxylation is 3. The first kappa shape index (κ1) is 12.0. The minimum Gasteiger partial charge on any atom is -0.267 e. The van der Waals surface area contributed by atoms with Gasteiger partial charge < -0.3 is 0 Å². The molecule has 0 atom stereocenters. The van der Waals surface area contributed by atoms with Crippen LogP contribution in [0.25, 0.3) is 0 Å². The molecule has 0 bridgehead atoms. The normalized spacial score (nSPS) is 11.5. The molecular weight excluding hydrogens is 212 g/mol. The molecule has 1 rings (SSSR count). The molecule has 0 amide bonds. The van der Waals surface area contributed by atoms with Gasteiger partial charge in [-0.15, -0.1) is 0 Å². The predicted octanol–water partition coefficient (Wildman–Crippen LogP) is 1.63. The van der Waals surface area contributed by atoms with Crippen molar-refractivity contribution < 1.29 is 8.42 Å². The van der Waals surface area contributed by atoms with E-state index in [4.69, 9.17) is 0 Å². The summed E-state index contributed by atoms with van der Waals surface area (Å²) in [6, 6.07) is 1.97. The molecule has 0 saturated heterocycles. The minimum atomic E-state index is -3.25. The average Bonchev–Trinajstić information content (AvgIpc) is 2.08. The average molecular weight is 228 g/mol. The number of rotatable bonds is 3. The standard InChI is InChI=1S/C10H16N2O2S/c1-5-9-6-7(2)8(3)11-10(9)12-15(4,13)14/h6H,5H2,1-4H3,(H,11,12). The highest BCUT2D eigenvalue weighted by atomic mass is 32.2. The van der Waals surface area contributed by atoms with Crippen molar-refractivity contribution in [3.05, 3.63) is 22.9 Å². The highest BCUT2D eigenvalue weighted by molar-refractivity contribution is 7.92. The summed E-state index contributed by atoms with van der Waals surface area (Å²) in [5.41, 5.74) is 2.84. The lowest BCUT2D eigenvalue weighted by atomic mass is 10.1. The van der Waals surface area contributed by atoms with Crippen LogP contribution >= 0.6 is 0 Å². The van der Waals surface area contributed by atoms with Crippen LogP contribution in [0.3, 0.4) is 0 Å². The van der Waals surface area contributed by atoms with Crippen LogP contribution < -0.4 is 4.72 Å². The maximum absolute atomic E-state index is 11.1. The van der Waals surface area contributed by atoms with E-state index < -0.39 is 10.0 Å². The van der Waals surface area contributed by atoms with Gasteiger partial charge in [-0.3, -0.25) is 4.72 Å². The summed E-state index contributed by atoms with van der Waals surface area (Å²) in [4.78, 5) is 4.24. The van der Waals surface area contributed by atoms with Crippen molar-refractivity contribution in [2.75, 3.05) is 11.0 Å².